The third kappa shape index (κ3) is 3.11. The van der Waals surface area contributed by atoms with Crippen LogP contribution in [0.4, 0.5) is 5.69 Å². The van der Waals surface area contributed by atoms with Crippen LogP contribution < -0.4 is 0 Å². The molecular formula is C13H14N2O5S. The average molecular weight is 310 g/mol. The molecule has 1 aromatic carbocycles. The molecule has 0 fully saturated rings. The van der Waals surface area contributed by atoms with Crippen LogP contribution in [0.1, 0.15) is 11.5 Å². The summed E-state index contributed by atoms with van der Waals surface area (Å²) < 4.78 is 31.2. The molecule has 7 nitrogen and oxygen atoms in total. The largest absolute Gasteiger partial charge is 0.465 e. The number of rotatable bonds is 5. The summed E-state index contributed by atoms with van der Waals surface area (Å²) in [6.45, 7) is 1.75. The van der Waals surface area contributed by atoms with Crippen LogP contribution in [-0.2, 0) is 16.6 Å². The minimum Gasteiger partial charge on any atom is -0.465 e. The summed E-state index contributed by atoms with van der Waals surface area (Å²) in [4.78, 5) is 9.91. The summed E-state index contributed by atoms with van der Waals surface area (Å²) in [5, 5.41) is 11.0. The summed E-state index contributed by atoms with van der Waals surface area (Å²) in [6.07, 6.45) is 0. The molecule has 0 saturated carbocycles. The average Bonchev–Trinajstić information content (AvgIpc) is 2.84. The van der Waals surface area contributed by atoms with E-state index in [4.69, 9.17) is 4.42 Å². The maximum absolute atomic E-state index is 12.4. The van der Waals surface area contributed by atoms with Crippen LogP contribution in [0, 0.1) is 17.0 Å². The number of para-hydroxylation sites is 1. The lowest BCUT2D eigenvalue weighted by Crippen LogP contribution is -2.27. The Balaban J connectivity index is 2.35. The Kier molecular flexibility index (Phi) is 4.10. The Labute approximate surface area is 122 Å². The minimum absolute atomic E-state index is 0.00220. The van der Waals surface area contributed by atoms with Crippen molar-refractivity contribution >= 4 is 15.7 Å². The third-order valence-electron chi connectivity index (χ3n) is 2.92. The first-order valence-electron chi connectivity index (χ1n) is 6.07. The Hall–Kier alpha value is -2.19. The molecule has 0 amide bonds. The number of nitrogens with zero attached hydrogens (tertiary/aromatic N) is 2. The Bertz CT molecular complexity index is 766. The number of benzene rings is 1. The maximum atomic E-state index is 12.4. The van der Waals surface area contributed by atoms with Crippen molar-refractivity contribution in [2.24, 2.45) is 0 Å². The molecule has 0 radical (unpaired) electrons. The van der Waals surface area contributed by atoms with Crippen LogP contribution in [0.3, 0.4) is 0 Å². The predicted octanol–water partition coefficient (Wildman–Crippen LogP) is 2.32. The molecule has 0 aliphatic carbocycles. The second-order valence-electron chi connectivity index (χ2n) is 4.50. The van der Waals surface area contributed by atoms with Gasteiger partial charge >= 0.3 is 0 Å². The van der Waals surface area contributed by atoms with E-state index in [9.17, 15) is 18.5 Å². The predicted molar refractivity (Wildman–Crippen MR) is 75.2 cm³/mol. The molecule has 0 N–H and O–H groups in total. The molecule has 1 aromatic heterocycles. The Morgan fingerprint density at radius 1 is 1.24 bits per heavy atom. The van der Waals surface area contributed by atoms with Crippen molar-refractivity contribution in [3.05, 3.63) is 58.0 Å². The van der Waals surface area contributed by atoms with E-state index in [0.717, 1.165) is 10.4 Å². The van der Waals surface area contributed by atoms with Gasteiger partial charge in [0.25, 0.3) is 5.69 Å². The molecular weight excluding hydrogens is 296 g/mol. The van der Waals surface area contributed by atoms with Crippen molar-refractivity contribution in [3.63, 3.8) is 0 Å². The van der Waals surface area contributed by atoms with Gasteiger partial charge in [-0.05, 0) is 25.1 Å². The molecule has 112 valence electrons. The van der Waals surface area contributed by atoms with E-state index in [1.54, 1.807) is 19.1 Å². The first kappa shape index (κ1) is 15.2. The fourth-order valence-electron chi connectivity index (χ4n) is 1.87. The number of hydrogen-bond donors (Lipinski definition) is 0. The van der Waals surface area contributed by atoms with Crippen LogP contribution in [0.25, 0.3) is 0 Å². The lowest BCUT2D eigenvalue weighted by Gasteiger charge is -2.15. The molecule has 0 aliphatic rings. The van der Waals surface area contributed by atoms with E-state index >= 15 is 0 Å². The number of aryl methyl sites for hydroxylation is 1. The van der Waals surface area contributed by atoms with E-state index in [1.165, 1.54) is 25.2 Å². The smallest absolute Gasteiger partial charge is 0.289 e. The normalized spacial score (nSPS) is 11.8. The van der Waals surface area contributed by atoms with Crippen LogP contribution in [-0.4, -0.2) is 24.7 Å². The van der Waals surface area contributed by atoms with E-state index in [1.807, 2.05) is 0 Å². The Morgan fingerprint density at radius 3 is 2.48 bits per heavy atom. The summed E-state index contributed by atoms with van der Waals surface area (Å²) in [7, 11) is -2.62. The molecule has 0 bridgehead atoms. The summed E-state index contributed by atoms with van der Waals surface area (Å²) >= 11 is 0. The molecule has 0 aliphatic heterocycles. The highest BCUT2D eigenvalue weighted by Crippen LogP contribution is 2.26. The van der Waals surface area contributed by atoms with E-state index in [2.05, 4.69) is 0 Å². The van der Waals surface area contributed by atoms with Crippen LogP contribution in [0.5, 0.6) is 0 Å². The minimum atomic E-state index is -3.97. The zero-order valence-electron chi connectivity index (χ0n) is 11.5. The van der Waals surface area contributed by atoms with Gasteiger partial charge in [-0.15, -0.1) is 0 Å². The molecule has 0 unspecified atom stereocenters. The Morgan fingerprint density at radius 2 is 1.90 bits per heavy atom. The van der Waals surface area contributed by atoms with Gasteiger partial charge in [0.05, 0.1) is 11.5 Å². The van der Waals surface area contributed by atoms with Crippen LogP contribution in [0.2, 0.25) is 0 Å². The quantitative estimate of drug-likeness (QED) is 0.624. The molecule has 1 heterocycles. The van der Waals surface area contributed by atoms with Crippen molar-refractivity contribution in [3.8, 4) is 0 Å². The van der Waals surface area contributed by atoms with Gasteiger partial charge in [0.15, 0.2) is 4.90 Å². The van der Waals surface area contributed by atoms with Crippen molar-refractivity contribution in [1.82, 2.24) is 4.31 Å². The van der Waals surface area contributed by atoms with Gasteiger partial charge in [-0.3, -0.25) is 10.1 Å². The van der Waals surface area contributed by atoms with Gasteiger partial charge < -0.3 is 4.42 Å². The second kappa shape index (κ2) is 5.66. The second-order valence-corrected chi connectivity index (χ2v) is 6.51. The third-order valence-corrected chi connectivity index (χ3v) is 4.78. The van der Waals surface area contributed by atoms with Crippen molar-refractivity contribution < 1.29 is 17.8 Å². The van der Waals surface area contributed by atoms with Crippen molar-refractivity contribution in [2.45, 2.75) is 18.4 Å². The highest BCUT2D eigenvalue weighted by Gasteiger charge is 2.29. The topological polar surface area (TPSA) is 93.7 Å². The fourth-order valence-corrected chi connectivity index (χ4v) is 3.16. The first-order valence-corrected chi connectivity index (χ1v) is 7.51. The van der Waals surface area contributed by atoms with Gasteiger partial charge in [0, 0.05) is 13.1 Å². The monoisotopic (exact) mass is 310 g/mol. The number of furan rings is 1. The summed E-state index contributed by atoms with van der Waals surface area (Å²) in [5.74, 6) is 1.14. The van der Waals surface area contributed by atoms with Gasteiger partial charge in [0.2, 0.25) is 10.0 Å². The van der Waals surface area contributed by atoms with Gasteiger partial charge in [-0.1, -0.05) is 12.1 Å². The molecule has 2 rings (SSSR count). The summed E-state index contributed by atoms with van der Waals surface area (Å²) in [6, 6.07) is 8.65. The zero-order chi connectivity index (χ0) is 15.6. The SMILES string of the molecule is Cc1ccc(CN(C)S(=O)(=O)c2ccccc2[N+](=O)[O-])o1. The zero-order valence-corrected chi connectivity index (χ0v) is 12.3. The summed E-state index contributed by atoms with van der Waals surface area (Å²) in [5.41, 5.74) is -0.444. The number of hydrogen-bond acceptors (Lipinski definition) is 5. The van der Waals surface area contributed by atoms with Crippen LogP contribution in [0.15, 0.2) is 45.7 Å². The highest BCUT2D eigenvalue weighted by molar-refractivity contribution is 7.89. The van der Waals surface area contributed by atoms with E-state index < -0.39 is 20.6 Å². The van der Waals surface area contributed by atoms with Gasteiger partial charge in [0.1, 0.15) is 11.5 Å². The van der Waals surface area contributed by atoms with E-state index in [-0.39, 0.29) is 11.4 Å². The van der Waals surface area contributed by atoms with Crippen LogP contribution >= 0.6 is 0 Å². The lowest BCUT2D eigenvalue weighted by atomic mass is 10.3. The molecule has 0 saturated heterocycles. The molecule has 21 heavy (non-hydrogen) atoms. The van der Waals surface area contributed by atoms with Crippen molar-refractivity contribution in [1.29, 1.82) is 0 Å². The standard InChI is InChI=1S/C13H14N2O5S/c1-10-7-8-11(20-10)9-14(2)21(18,19)13-6-4-3-5-12(13)15(16)17/h3-8H,9H2,1-2H3. The number of sulfonamides is 1. The highest BCUT2D eigenvalue weighted by atomic mass is 32.2. The number of nitro groups is 1. The van der Waals surface area contributed by atoms with Gasteiger partial charge in [-0.2, -0.15) is 4.31 Å². The maximum Gasteiger partial charge on any atom is 0.289 e. The van der Waals surface area contributed by atoms with E-state index in [0.29, 0.717) is 11.5 Å². The molecule has 8 heteroatoms. The molecule has 2 aromatic rings. The number of nitro benzene ring substituents is 1. The van der Waals surface area contributed by atoms with Gasteiger partial charge in [-0.25, -0.2) is 8.42 Å². The van der Waals surface area contributed by atoms with Crippen molar-refractivity contribution in [2.75, 3.05) is 7.05 Å². The fraction of sp³-hybridized carbons (Fsp3) is 0.231. The molecule has 0 spiro atoms. The molecule has 0 atom stereocenters. The first-order chi connectivity index (χ1) is 9.82. The lowest BCUT2D eigenvalue weighted by molar-refractivity contribution is -0.387.